The Kier molecular flexibility index (Phi) is 6.75. The molecule has 2 aromatic carbocycles. The number of nitrogens with one attached hydrogen (secondary N) is 1. The summed E-state index contributed by atoms with van der Waals surface area (Å²) >= 11 is 1.24. The standard InChI is InChI=1S/C23H20N6O3S/c1-16(22(30)25-19-9-5-6-10-20(19)29(31)32)33-23-27-26-21(18-11-13-24-14-12-18)28(23)15-17-7-3-2-4-8-17/h2-14,16H,15H2,1H3,(H,25,30). The lowest BCUT2D eigenvalue weighted by Gasteiger charge is -2.14. The maximum Gasteiger partial charge on any atom is 0.292 e. The SMILES string of the molecule is CC(Sc1nnc(-c2ccncc2)n1Cc1ccccc1)C(=O)Nc1ccccc1[N+](=O)[O-]. The Morgan fingerprint density at radius 2 is 1.76 bits per heavy atom. The van der Waals surface area contributed by atoms with Crippen molar-refractivity contribution in [3.8, 4) is 11.4 Å². The van der Waals surface area contributed by atoms with Crippen molar-refractivity contribution in [2.75, 3.05) is 5.32 Å². The Morgan fingerprint density at radius 1 is 1.06 bits per heavy atom. The van der Waals surface area contributed by atoms with E-state index in [1.54, 1.807) is 31.5 Å². The van der Waals surface area contributed by atoms with Gasteiger partial charge in [-0.1, -0.05) is 54.2 Å². The minimum absolute atomic E-state index is 0.156. The van der Waals surface area contributed by atoms with Crippen molar-refractivity contribution in [2.45, 2.75) is 23.9 Å². The molecule has 4 rings (SSSR count). The van der Waals surface area contributed by atoms with E-state index in [9.17, 15) is 14.9 Å². The Labute approximate surface area is 194 Å². The fourth-order valence-corrected chi connectivity index (χ4v) is 4.03. The number of amides is 1. The van der Waals surface area contributed by atoms with Crippen LogP contribution in [0.5, 0.6) is 0 Å². The predicted molar refractivity (Wildman–Crippen MR) is 126 cm³/mol. The van der Waals surface area contributed by atoms with E-state index in [1.165, 1.54) is 23.9 Å². The van der Waals surface area contributed by atoms with Gasteiger partial charge in [-0.3, -0.25) is 24.5 Å². The smallest absolute Gasteiger partial charge is 0.292 e. The average molecular weight is 461 g/mol. The summed E-state index contributed by atoms with van der Waals surface area (Å²) < 4.78 is 1.95. The second-order valence-electron chi connectivity index (χ2n) is 7.14. The normalized spacial score (nSPS) is 11.7. The van der Waals surface area contributed by atoms with Gasteiger partial charge in [0.25, 0.3) is 5.69 Å². The molecular formula is C23H20N6O3S. The molecule has 0 saturated carbocycles. The number of hydrogen-bond donors (Lipinski definition) is 1. The number of pyridine rings is 1. The number of hydrogen-bond acceptors (Lipinski definition) is 7. The molecule has 0 spiro atoms. The van der Waals surface area contributed by atoms with Gasteiger partial charge in [-0.05, 0) is 30.7 Å². The lowest BCUT2D eigenvalue weighted by atomic mass is 10.2. The molecule has 0 bridgehead atoms. The highest BCUT2D eigenvalue weighted by atomic mass is 32.2. The summed E-state index contributed by atoms with van der Waals surface area (Å²) in [6, 6.07) is 19.6. The van der Waals surface area contributed by atoms with Crippen molar-refractivity contribution in [1.82, 2.24) is 19.7 Å². The molecule has 0 aliphatic rings. The van der Waals surface area contributed by atoms with Crippen molar-refractivity contribution < 1.29 is 9.72 Å². The minimum atomic E-state index is -0.575. The molecule has 4 aromatic rings. The highest BCUT2D eigenvalue weighted by molar-refractivity contribution is 8.00. The lowest BCUT2D eigenvalue weighted by molar-refractivity contribution is -0.383. The van der Waals surface area contributed by atoms with Gasteiger partial charge < -0.3 is 5.32 Å². The molecule has 1 unspecified atom stereocenters. The van der Waals surface area contributed by atoms with Crippen LogP contribution in [0.15, 0.2) is 84.3 Å². The highest BCUT2D eigenvalue weighted by Gasteiger charge is 2.23. The van der Waals surface area contributed by atoms with E-state index in [-0.39, 0.29) is 17.3 Å². The third kappa shape index (κ3) is 5.24. The van der Waals surface area contributed by atoms with Crippen molar-refractivity contribution in [1.29, 1.82) is 0 Å². The van der Waals surface area contributed by atoms with Crippen LogP contribution in [0.3, 0.4) is 0 Å². The number of nitro groups is 1. The number of aromatic nitrogens is 4. The molecule has 2 heterocycles. The molecular weight excluding hydrogens is 440 g/mol. The van der Waals surface area contributed by atoms with E-state index in [0.29, 0.717) is 17.5 Å². The van der Waals surface area contributed by atoms with E-state index in [4.69, 9.17) is 0 Å². The summed E-state index contributed by atoms with van der Waals surface area (Å²) in [6.45, 7) is 2.24. The molecule has 1 amide bonds. The first-order valence-corrected chi connectivity index (χ1v) is 11.0. The number of thioether (sulfide) groups is 1. The molecule has 0 fully saturated rings. The first-order valence-electron chi connectivity index (χ1n) is 10.1. The zero-order valence-electron chi connectivity index (χ0n) is 17.7. The molecule has 2 aromatic heterocycles. The minimum Gasteiger partial charge on any atom is -0.319 e. The number of benzene rings is 2. The Morgan fingerprint density at radius 3 is 2.48 bits per heavy atom. The van der Waals surface area contributed by atoms with Crippen LogP contribution in [0.25, 0.3) is 11.4 Å². The van der Waals surface area contributed by atoms with Crippen LogP contribution in [-0.2, 0) is 11.3 Å². The van der Waals surface area contributed by atoms with Gasteiger partial charge in [-0.2, -0.15) is 0 Å². The molecule has 0 saturated heterocycles. The third-order valence-corrected chi connectivity index (χ3v) is 5.93. The maximum atomic E-state index is 12.8. The van der Waals surface area contributed by atoms with Crippen LogP contribution in [0.2, 0.25) is 0 Å². The summed E-state index contributed by atoms with van der Waals surface area (Å²) in [5, 5.41) is 22.6. The van der Waals surface area contributed by atoms with Crippen LogP contribution in [-0.4, -0.2) is 35.8 Å². The summed E-state index contributed by atoms with van der Waals surface area (Å²) in [4.78, 5) is 27.6. The molecule has 0 aliphatic carbocycles. The number of rotatable bonds is 8. The number of anilines is 1. The Balaban J connectivity index is 1.59. The number of carbonyl (C=O) groups is 1. The van der Waals surface area contributed by atoms with Gasteiger partial charge >= 0.3 is 0 Å². The number of nitrogens with zero attached hydrogens (tertiary/aromatic N) is 5. The summed E-state index contributed by atoms with van der Waals surface area (Å²) in [6.07, 6.45) is 3.37. The van der Waals surface area contributed by atoms with Crippen molar-refractivity contribution in [3.63, 3.8) is 0 Å². The monoisotopic (exact) mass is 460 g/mol. The van der Waals surface area contributed by atoms with E-state index in [2.05, 4.69) is 20.5 Å². The summed E-state index contributed by atoms with van der Waals surface area (Å²) in [7, 11) is 0. The van der Waals surface area contributed by atoms with Crippen molar-refractivity contribution in [3.05, 3.63) is 94.8 Å². The van der Waals surface area contributed by atoms with E-state index in [0.717, 1.165) is 11.1 Å². The van der Waals surface area contributed by atoms with Crippen LogP contribution >= 0.6 is 11.8 Å². The quantitative estimate of drug-likeness (QED) is 0.235. The topological polar surface area (TPSA) is 116 Å². The zero-order chi connectivity index (χ0) is 23.2. The van der Waals surface area contributed by atoms with Crippen LogP contribution in [0.4, 0.5) is 11.4 Å². The lowest BCUT2D eigenvalue weighted by Crippen LogP contribution is -2.23. The molecule has 166 valence electrons. The second-order valence-corrected chi connectivity index (χ2v) is 8.45. The fourth-order valence-electron chi connectivity index (χ4n) is 3.18. The van der Waals surface area contributed by atoms with Gasteiger partial charge in [-0.15, -0.1) is 10.2 Å². The Hall–Kier alpha value is -4.05. The van der Waals surface area contributed by atoms with Gasteiger partial charge in [-0.25, -0.2) is 0 Å². The molecule has 0 aliphatic heterocycles. The predicted octanol–water partition coefficient (Wildman–Crippen LogP) is 4.42. The fraction of sp³-hybridized carbons (Fsp3) is 0.130. The van der Waals surface area contributed by atoms with Gasteiger partial charge in [0.15, 0.2) is 11.0 Å². The maximum absolute atomic E-state index is 12.8. The van der Waals surface area contributed by atoms with E-state index in [1.807, 2.05) is 47.0 Å². The Bertz CT molecular complexity index is 1260. The van der Waals surface area contributed by atoms with Gasteiger partial charge in [0, 0.05) is 24.0 Å². The van der Waals surface area contributed by atoms with Crippen LogP contribution in [0.1, 0.15) is 12.5 Å². The summed E-state index contributed by atoms with van der Waals surface area (Å²) in [5.74, 6) is 0.295. The average Bonchev–Trinajstić information content (AvgIpc) is 3.22. The van der Waals surface area contributed by atoms with Crippen molar-refractivity contribution in [2.24, 2.45) is 0 Å². The number of nitro benzene ring substituents is 1. The van der Waals surface area contributed by atoms with Gasteiger partial charge in [0.1, 0.15) is 5.69 Å². The van der Waals surface area contributed by atoms with E-state index < -0.39 is 10.2 Å². The first-order chi connectivity index (χ1) is 16.0. The van der Waals surface area contributed by atoms with Gasteiger partial charge in [0.2, 0.25) is 5.91 Å². The molecule has 33 heavy (non-hydrogen) atoms. The number of carbonyl (C=O) groups excluding carboxylic acids is 1. The summed E-state index contributed by atoms with van der Waals surface area (Å²) in [5.41, 5.74) is 1.92. The number of para-hydroxylation sites is 2. The molecule has 9 nitrogen and oxygen atoms in total. The van der Waals surface area contributed by atoms with Crippen LogP contribution in [0, 0.1) is 10.1 Å². The molecule has 1 atom stereocenters. The zero-order valence-corrected chi connectivity index (χ0v) is 18.5. The highest BCUT2D eigenvalue weighted by Crippen LogP contribution is 2.29. The van der Waals surface area contributed by atoms with Gasteiger partial charge in [0.05, 0.1) is 16.7 Å². The molecule has 10 heteroatoms. The largest absolute Gasteiger partial charge is 0.319 e. The van der Waals surface area contributed by atoms with Crippen molar-refractivity contribution >= 4 is 29.0 Å². The van der Waals surface area contributed by atoms with E-state index >= 15 is 0 Å². The first kappa shape index (κ1) is 22.2. The third-order valence-electron chi connectivity index (χ3n) is 4.85. The second kappa shape index (κ2) is 10.0. The molecule has 1 N–H and O–H groups in total. The van der Waals surface area contributed by atoms with Crippen LogP contribution < -0.4 is 5.32 Å². The molecule has 0 radical (unpaired) electrons.